The highest BCUT2D eigenvalue weighted by molar-refractivity contribution is 5.96. The SMILES string of the molecule is Cn1c(-c2ccc(-c3cc4c(cc3-c3ccccc3C#N)-c3ccccc3C4(c3ccccc3)c3ccccc3)cc2)nc2ccccc21. The van der Waals surface area contributed by atoms with Gasteiger partial charge in [-0.15, -0.1) is 0 Å². The van der Waals surface area contributed by atoms with Crippen LogP contribution in [0.3, 0.4) is 0 Å². The molecule has 0 atom stereocenters. The summed E-state index contributed by atoms with van der Waals surface area (Å²) in [5.74, 6) is 0.930. The summed E-state index contributed by atoms with van der Waals surface area (Å²) in [5, 5.41) is 10.3. The van der Waals surface area contributed by atoms with Gasteiger partial charge in [0.2, 0.25) is 0 Å². The van der Waals surface area contributed by atoms with Gasteiger partial charge >= 0.3 is 0 Å². The average molecular weight is 626 g/mol. The Morgan fingerprint density at radius 1 is 0.510 bits per heavy atom. The maximum absolute atomic E-state index is 10.3. The molecule has 0 bridgehead atoms. The lowest BCUT2D eigenvalue weighted by Gasteiger charge is -2.34. The minimum atomic E-state index is -0.524. The van der Waals surface area contributed by atoms with Gasteiger partial charge in [0, 0.05) is 18.2 Å². The molecule has 7 aromatic carbocycles. The van der Waals surface area contributed by atoms with Crippen molar-refractivity contribution < 1.29 is 0 Å². The van der Waals surface area contributed by atoms with Crippen LogP contribution in [-0.4, -0.2) is 9.55 Å². The molecule has 3 nitrogen and oxygen atoms in total. The van der Waals surface area contributed by atoms with E-state index in [1.807, 2.05) is 24.3 Å². The van der Waals surface area contributed by atoms with E-state index in [1.54, 1.807) is 0 Å². The van der Waals surface area contributed by atoms with Crippen LogP contribution in [0.5, 0.6) is 0 Å². The van der Waals surface area contributed by atoms with E-state index in [1.165, 1.54) is 33.4 Å². The summed E-state index contributed by atoms with van der Waals surface area (Å²) in [7, 11) is 2.07. The summed E-state index contributed by atoms with van der Waals surface area (Å²) in [6.45, 7) is 0. The van der Waals surface area contributed by atoms with Crippen LogP contribution in [-0.2, 0) is 12.5 Å². The zero-order valence-corrected chi connectivity index (χ0v) is 27.0. The van der Waals surface area contributed by atoms with Crippen molar-refractivity contribution in [3.05, 3.63) is 198 Å². The lowest BCUT2D eigenvalue weighted by atomic mass is 9.67. The molecule has 1 aliphatic carbocycles. The summed E-state index contributed by atoms with van der Waals surface area (Å²) in [6, 6.07) is 62.6. The predicted molar refractivity (Wildman–Crippen MR) is 199 cm³/mol. The standard InChI is InChI=1S/C46H31N3/c1-49-44-23-13-12-22-43(44)48-45(49)32-26-24-31(25-27-32)38-29-42-40(28-39(38)36-19-9-8-14-33(36)30-47)37-20-10-11-21-41(37)46(42,34-15-4-2-5-16-34)35-17-6-3-7-18-35/h2-29H,1H3. The molecule has 1 aliphatic rings. The van der Waals surface area contributed by atoms with Crippen LogP contribution < -0.4 is 0 Å². The van der Waals surface area contributed by atoms with Crippen molar-refractivity contribution in [2.75, 3.05) is 0 Å². The molecule has 1 heterocycles. The number of imidazole rings is 1. The van der Waals surface area contributed by atoms with E-state index in [4.69, 9.17) is 4.98 Å². The largest absolute Gasteiger partial charge is 0.327 e. The maximum Gasteiger partial charge on any atom is 0.140 e. The van der Waals surface area contributed by atoms with Gasteiger partial charge in [-0.25, -0.2) is 4.98 Å². The van der Waals surface area contributed by atoms with E-state index >= 15 is 0 Å². The Hall–Kier alpha value is -6.50. The maximum atomic E-state index is 10.3. The number of nitrogens with zero attached hydrogens (tertiary/aromatic N) is 3. The van der Waals surface area contributed by atoms with Gasteiger partial charge in [0.15, 0.2) is 0 Å². The lowest BCUT2D eigenvalue weighted by Crippen LogP contribution is -2.28. The van der Waals surface area contributed by atoms with Crippen LogP contribution in [0.15, 0.2) is 170 Å². The van der Waals surface area contributed by atoms with Crippen molar-refractivity contribution in [1.29, 1.82) is 5.26 Å². The van der Waals surface area contributed by atoms with Crippen LogP contribution >= 0.6 is 0 Å². The molecule has 3 heteroatoms. The van der Waals surface area contributed by atoms with Gasteiger partial charge in [0.25, 0.3) is 0 Å². The van der Waals surface area contributed by atoms with Crippen molar-refractivity contribution in [2.45, 2.75) is 5.41 Å². The first-order valence-corrected chi connectivity index (χ1v) is 16.6. The molecule has 0 radical (unpaired) electrons. The molecule has 230 valence electrons. The average Bonchev–Trinajstić information content (AvgIpc) is 3.67. The van der Waals surface area contributed by atoms with Gasteiger partial charge in [-0.3, -0.25) is 0 Å². The third-order valence-electron chi connectivity index (χ3n) is 10.2. The van der Waals surface area contributed by atoms with Crippen LogP contribution in [0.1, 0.15) is 27.8 Å². The van der Waals surface area contributed by atoms with Gasteiger partial charge in [0.1, 0.15) is 5.82 Å². The van der Waals surface area contributed by atoms with E-state index in [2.05, 4.69) is 163 Å². The molecule has 0 fully saturated rings. The molecule has 0 saturated carbocycles. The second-order valence-corrected chi connectivity index (χ2v) is 12.7. The lowest BCUT2D eigenvalue weighted by molar-refractivity contribution is 0.769. The van der Waals surface area contributed by atoms with E-state index in [-0.39, 0.29) is 0 Å². The summed E-state index contributed by atoms with van der Waals surface area (Å²) in [5.41, 5.74) is 14.7. The molecule has 1 aromatic heterocycles. The molecule has 0 spiro atoms. The van der Waals surface area contributed by atoms with Crippen molar-refractivity contribution in [2.24, 2.45) is 7.05 Å². The predicted octanol–water partition coefficient (Wildman–Crippen LogP) is 10.8. The van der Waals surface area contributed by atoms with Gasteiger partial charge in [-0.1, -0.05) is 140 Å². The van der Waals surface area contributed by atoms with Crippen molar-refractivity contribution >= 4 is 11.0 Å². The van der Waals surface area contributed by atoms with Crippen LogP contribution in [0.4, 0.5) is 0 Å². The first-order valence-electron chi connectivity index (χ1n) is 16.6. The molecular formula is C46H31N3. The molecule has 0 amide bonds. The van der Waals surface area contributed by atoms with Crippen LogP contribution in [0.25, 0.3) is 55.8 Å². The topological polar surface area (TPSA) is 41.6 Å². The Labute approximate surface area is 286 Å². The number of fused-ring (bicyclic) bond motifs is 4. The Morgan fingerprint density at radius 3 is 1.80 bits per heavy atom. The Kier molecular flexibility index (Phi) is 6.64. The fourth-order valence-corrected chi connectivity index (χ4v) is 7.97. The van der Waals surface area contributed by atoms with Crippen molar-refractivity contribution in [3.63, 3.8) is 0 Å². The summed E-state index contributed by atoms with van der Waals surface area (Å²) >= 11 is 0. The minimum Gasteiger partial charge on any atom is -0.327 e. The number of benzene rings is 7. The second-order valence-electron chi connectivity index (χ2n) is 12.7. The normalized spacial score (nSPS) is 12.7. The van der Waals surface area contributed by atoms with Crippen molar-refractivity contribution in [3.8, 4) is 50.8 Å². The monoisotopic (exact) mass is 625 g/mol. The van der Waals surface area contributed by atoms with E-state index in [0.717, 1.165) is 44.7 Å². The van der Waals surface area contributed by atoms with E-state index in [0.29, 0.717) is 5.56 Å². The first kappa shape index (κ1) is 28.7. The second kappa shape index (κ2) is 11.3. The Morgan fingerprint density at radius 2 is 1.10 bits per heavy atom. The van der Waals surface area contributed by atoms with E-state index in [9.17, 15) is 5.26 Å². The zero-order valence-electron chi connectivity index (χ0n) is 27.0. The summed E-state index contributed by atoms with van der Waals surface area (Å²) in [6.07, 6.45) is 0. The molecule has 8 aromatic rings. The summed E-state index contributed by atoms with van der Waals surface area (Å²) in [4.78, 5) is 4.96. The van der Waals surface area contributed by atoms with Gasteiger partial charge in [-0.2, -0.15) is 5.26 Å². The zero-order chi connectivity index (χ0) is 33.0. The molecule has 0 aliphatic heterocycles. The highest BCUT2D eigenvalue weighted by atomic mass is 15.1. The third-order valence-corrected chi connectivity index (χ3v) is 10.2. The highest BCUT2D eigenvalue weighted by Gasteiger charge is 2.46. The number of aryl methyl sites for hydroxylation is 1. The number of rotatable bonds is 5. The van der Waals surface area contributed by atoms with Gasteiger partial charge in [-0.05, 0) is 80.4 Å². The van der Waals surface area contributed by atoms with Crippen molar-refractivity contribution in [1.82, 2.24) is 9.55 Å². The van der Waals surface area contributed by atoms with Crippen LogP contribution in [0, 0.1) is 11.3 Å². The molecule has 0 N–H and O–H groups in total. The van der Waals surface area contributed by atoms with Gasteiger partial charge in [0.05, 0.1) is 28.1 Å². The van der Waals surface area contributed by atoms with Gasteiger partial charge < -0.3 is 4.57 Å². The fourth-order valence-electron chi connectivity index (χ4n) is 7.97. The third kappa shape index (κ3) is 4.31. The number of hydrogen-bond acceptors (Lipinski definition) is 2. The highest BCUT2D eigenvalue weighted by Crippen LogP contribution is 2.58. The number of aromatic nitrogens is 2. The Bertz CT molecular complexity index is 2510. The van der Waals surface area contributed by atoms with E-state index < -0.39 is 5.41 Å². The smallest absolute Gasteiger partial charge is 0.140 e. The molecule has 9 rings (SSSR count). The molecule has 0 saturated heterocycles. The molecule has 0 unspecified atom stereocenters. The quantitative estimate of drug-likeness (QED) is 0.191. The van der Waals surface area contributed by atoms with Crippen LogP contribution in [0.2, 0.25) is 0 Å². The Balaban J connectivity index is 1.34. The molecule has 49 heavy (non-hydrogen) atoms. The number of nitriles is 1. The summed E-state index contributed by atoms with van der Waals surface area (Å²) < 4.78 is 2.15. The number of hydrogen-bond donors (Lipinski definition) is 0. The minimum absolute atomic E-state index is 0.524. The molecular weight excluding hydrogens is 595 g/mol. The number of para-hydroxylation sites is 2. The first-order chi connectivity index (χ1) is 24.2. The fraction of sp³-hybridized carbons (Fsp3) is 0.0435.